The fraction of sp³-hybridized carbons (Fsp3) is 0.417. The van der Waals surface area contributed by atoms with E-state index < -0.39 is 0 Å². The molecule has 0 amide bonds. The van der Waals surface area contributed by atoms with Crippen molar-refractivity contribution in [1.82, 2.24) is 28.9 Å². The molecule has 164 valence electrons. The number of anilines is 1. The molecule has 2 aliphatic rings. The van der Waals surface area contributed by atoms with Crippen molar-refractivity contribution in [2.45, 2.75) is 39.2 Å². The zero-order valence-corrected chi connectivity index (χ0v) is 18.5. The number of rotatable bonds is 3. The van der Waals surface area contributed by atoms with Gasteiger partial charge in [0.05, 0.1) is 34.5 Å². The van der Waals surface area contributed by atoms with Gasteiger partial charge >= 0.3 is 0 Å². The van der Waals surface area contributed by atoms with Gasteiger partial charge in [0.1, 0.15) is 11.3 Å². The predicted octanol–water partition coefficient (Wildman–Crippen LogP) is 2.56. The summed E-state index contributed by atoms with van der Waals surface area (Å²) in [6.45, 7) is 8.39. The average Bonchev–Trinajstić information content (AvgIpc) is 3.44. The summed E-state index contributed by atoms with van der Waals surface area (Å²) < 4.78 is 3.49. The van der Waals surface area contributed by atoms with Crippen LogP contribution in [0.3, 0.4) is 0 Å². The van der Waals surface area contributed by atoms with E-state index in [4.69, 9.17) is 4.98 Å². The molecular weight excluding hydrogens is 402 g/mol. The number of pyridine rings is 1. The van der Waals surface area contributed by atoms with Gasteiger partial charge in [0.15, 0.2) is 0 Å². The first kappa shape index (κ1) is 19.4. The molecule has 4 aromatic heterocycles. The Kier molecular flexibility index (Phi) is 4.50. The molecule has 0 radical (unpaired) electrons. The number of hydrogen-bond donors (Lipinski definition) is 0. The molecule has 2 fully saturated rings. The van der Waals surface area contributed by atoms with Gasteiger partial charge in [-0.1, -0.05) is 6.92 Å². The minimum atomic E-state index is -0.0894. The van der Waals surface area contributed by atoms with Gasteiger partial charge in [-0.2, -0.15) is 5.10 Å². The van der Waals surface area contributed by atoms with Crippen LogP contribution in [0.25, 0.3) is 22.6 Å². The molecule has 2 aliphatic heterocycles. The smallest absolute Gasteiger partial charge is 0.258 e. The van der Waals surface area contributed by atoms with E-state index in [9.17, 15) is 4.79 Å². The first-order valence-corrected chi connectivity index (χ1v) is 11.5. The van der Waals surface area contributed by atoms with E-state index in [0.717, 1.165) is 48.6 Å². The van der Waals surface area contributed by atoms with E-state index >= 15 is 0 Å². The summed E-state index contributed by atoms with van der Waals surface area (Å²) >= 11 is 0. The molecule has 8 nitrogen and oxygen atoms in total. The summed E-state index contributed by atoms with van der Waals surface area (Å²) in [4.78, 5) is 27.4. The van der Waals surface area contributed by atoms with Crippen LogP contribution in [-0.4, -0.2) is 61.1 Å². The molecule has 0 saturated carbocycles. The van der Waals surface area contributed by atoms with Crippen molar-refractivity contribution in [3.05, 3.63) is 58.4 Å². The molecule has 6 rings (SSSR count). The van der Waals surface area contributed by atoms with Crippen molar-refractivity contribution >= 4 is 16.9 Å². The Bertz CT molecular complexity index is 1390. The van der Waals surface area contributed by atoms with Gasteiger partial charge in [0.25, 0.3) is 5.56 Å². The highest BCUT2D eigenvalue weighted by molar-refractivity contribution is 5.66. The molecule has 1 atom stereocenters. The van der Waals surface area contributed by atoms with Crippen LogP contribution in [0.2, 0.25) is 0 Å². The molecule has 0 unspecified atom stereocenters. The molecule has 2 saturated heterocycles. The Morgan fingerprint density at radius 2 is 1.97 bits per heavy atom. The quantitative estimate of drug-likeness (QED) is 0.499. The van der Waals surface area contributed by atoms with Gasteiger partial charge in [0.2, 0.25) is 0 Å². The second-order valence-electron chi connectivity index (χ2n) is 8.92. The summed E-state index contributed by atoms with van der Waals surface area (Å²) in [6, 6.07) is 8.22. The summed E-state index contributed by atoms with van der Waals surface area (Å²) in [5, 5.41) is 4.68. The van der Waals surface area contributed by atoms with Gasteiger partial charge < -0.3 is 4.90 Å². The predicted molar refractivity (Wildman–Crippen MR) is 124 cm³/mol. The van der Waals surface area contributed by atoms with E-state index in [0.29, 0.717) is 23.1 Å². The highest BCUT2D eigenvalue weighted by Crippen LogP contribution is 2.26. The molecule has 0 aromatic carbocycles. The highest BCUT2D eigenvalue weighted by Gasteiger charge is 2.30. The lowest BCUT2D eigenvalue weighted by molar-refractivity contribution is 0.231. The van der Waals surface area contributed by atoms with E-state index in [-0.39, 0.29) is 5.56 Å². The second-order valence-corrected chi connectivity index (χ2v) is 8.92. The molecule has 0 N–H and O–H groups in total. The average molecular weight is 430 g/mol. The third kappa shape index (κ3) is 3.17. The molecule has 4 aromatic rings. The van der Waals surface area contributed by atoms with E-state index in [1.165, 1.54) is 19.4 Å². The normalized spacial score (nSPS) is 19.2. The summed E-state index contributed by atoms with van der Waals surface area (Å²) in [6.07, 6.45) is 7.22. The highest BCUT2D eigenvalue weighted by atomic mass is 16.1. The largest absolute Gasteiger partial charge is 0.367 e. The van der Waals surface area contributed by atoms with Crippen LogP contribution in [0.15, 0.2) is 41.5 Å². The fourth-order valence-electron chi connectivity index (χ4n) is 5.21. The summed E-state index contributed by atoms with van der Waals surface area (Å²) in [7, 11) is 0. The number of fused-ring (bicyclic) bond motifs is 3. The van der Waals surface area contributed by atoms with Crippen LogP contribution in [-0.2, 0) is 6.42 Å². The summed E-state index contributed by atoms with van der Waals surface area (Å²) in [5.74, 6) is 0. The van der Waals surface area contributed by atoms with Crippen LogP contribution >= 0.6 is 0 Å². The minimum Gasteiger partial charge on any atom is -0.367 e. The standard InChI is InChI=1S/C24H27N7O/c1-3-19-22-11-21(27-31(22)13-16(2)25-19)20-12-24(32)30-15-18(6-7-23(30)26-20)29-10-9-28-8-4-5-17(28)14-29/h6-7,11-13,15,17H,3-5,8-10,14H2,1-2H3/t17-/m1/s1. The summed E-state index contributed by atoms with van der Waals surface area (Å²) in [5.41, 5.74) is 5.78. The number of hydrogen-bond acceptors (Lipinski definition) is 6. The van der Waals surface area contributed by atoms with Crippen molar-refractivity contribution in [1.29, 1.82) is 0 Å². The monoisotopic (exact) mass is 429 g/mol. The lowest BCUT2D eigenvalue weighted by Crippen LogP contribution is -2.50. The lowest BCUT2D eigenvalue weighted by atomic mass is 10.1. The maximum absolute atomic E-state index is 13.0. The van der Waals surface area contributed by atoms with Crippen LogP contribution < -0.4 is 10.5 Å². The Balaban J connectivity index is 1.37. The zero-order valence-electron chi connectivity index (χ0n) is 18.5. The van der Waals surface area contributed by atoms with Crippen molar-refractivity contribution in [3.63, 3.8) is 0 Å². The number of aromatic nitrogens is 5. The van der Waals surface area contributed by atoms with Gasteiger partial charge in [-0.15, -0.1) is 0 Å². The Morgan fingerprint density at radius 3 is 2.84 bits per heavy atom. The number of aryl methyl sites for hydroxylation is 2. The molecule has 32 heavy (non-hydrogen) atoms. The van der Waals surface area contributed by atoms with Gasteiger partial charge in [-0.25, -0.2) is 9.50 Å². The van der Waals surface area contributed by atoms with Crippen LogP contribution in [0.4, 0.5) is 5.69 Å². The molecule has 8 heteroatoms. The topological polar surface area (TPSA) is 71.0 Å². The van der Waals surface area contributed by atoms with Crippen molar-refractivity contribution in [3.8, 4) is 11.4 Å². The van der Waals surface area contributed by atoms with Gasteiger partial charge in [0, 0.05) is 37.9 Å². The van der Waals surface area contributed by atoms with Crippen LogP contribution in [0.1, 0.15) is 31.2 Å². The third-order valence-electron chi connectivity index (χ3n) is 6.85. The van der Waals surface area contributed by atoms with E-state index in [1.54, 1.807) is 10.5 Å². The first-order chi connectivity index (χ1) is 15.6. The molecule has 0 spiro atoms. The van der Waals surface area contributed by atoms with Gasteiger partial charge in [-0.05, 0) is 50.9 Å². The van der Waals surface area contributed by atoms with Crippen LogP contribution in [0.5, 0.6) is 0 Å². The molecule has 0 bridgehead atoms. The fourth-order valence-corrected chi connectivity index (χ4v) is 5.21. The van der Waals surface area contributed by atoms with Crippen molar-refractivity contribution < 1.29 is 0 Å². The van der Waals surface area contributed by atoms with Crippen LogP contribution in [0, 0.1) is 6.92 Å². The third-order valence-corrected chi connectivity index (χ3v) is 6.85. The molecule has 0 aliphatic carbocycles. The van der Waals surface area contributed by atoms with E-state index in [2.05, 4.69) is 32.9 Å². The van der Waals surface area contributed by atoms with Crippen molar-refractivity contribution in [2.24, 2.45) is 0 Å². The lowest BCUT2D eigenvalue weighted by Gasteiger charge is -2.38. The molecule has 6 heterocycles. The minimum absolute atomic E-state index is 0.0894. The second kappa shape index (κ2) is 7.41. The van der Waals surface area contributed by atoms with Gasteiger partial charge in [-0.3, -0.25) is 19.1 Å². The zero-order chi connectivity index (χ0) is 21.8. The number of nitrogens with zero attached hydrogens (tertiary/aromatic N) is 7. The Labute approximate surface area is 186 Å². The number of piperazine rings is 1. The molecular formula is C24H27N7O. The Morgan fingerprint density at radius 1 is 1.06 bits per heavy atom. The Hall–Kier alpha value is -3.26. The first-order valence-electron chi connectivity index (χ1n) is 11.5. The van der Waals surface area contributed by atoms with E-state index in [1.807, 2.05) is 36.0 Å². The van der Waals surface area contributed by atoms with Crippen molar-refractivity contribution in [2.75, 3.05) is 31.1 Å². The maximum atomic E-state index is 13.0. The SMILES string of the molecule is CCc1nc(C)cn2nc(-c3cc(=O)n4cc(N5CCN6CCC[C@@H]6C5)ccc4n3)cc12. The maximum Gasteiger partial charge on any atom is 0.258 e.